The Morgan fingerprint density at radius 2 is 2.26 bits per heavy atom. The average molecular weight is 448 g/mol. The molecule has 1 aromatic heterocycles. The highest BCUT2D eigenvalue weighted by Crippen LogP contribution is 2.61. The van der Waals surface area contributed by atoms with E-state index in [1.54, 1.807) is 13.8 Å². The van der Waals surface area contributed by atoms with Crippen LogP contribution in [-0.2, 0) is 30.1 Å². The van der Waals surface area contributed by atoms with Gasteiger partial charge in [-0.2, -0.15) is 4.98 Å². The molecule has 3 heterocycles. The van der Waals surface area contributed by atoms with Crippen LogP contribution in [0.1, 0.15) is 20.1 Å². The summed E-state index contributed by atoms with van der Waals surface area (Å²) < 4.78 is 50.1. The second-order valence-electron chi connectivity index (χ2n) is 6.32. The van der Waals surface area contributed by atoms with E-state index in [4.69, 9.17) is 47.4 Å². The molecule has 0 bridgehead atoms. The van der Waals surface area contributed by atoms with E-state index in [2.05, 4.69) is 4.98 Å². The third-order valence-corrected chi connectivity index (χ3v) is 6.77. The number of rotatable bonds is 4. The van der Waals surface area contributed by atoms with Crippen LogP contribution in [0.4, 0.5) is 14.6 Å². The van der Waals surface area contributed by atoms with E-state index in [1.165, 1.54) is 0 Å². The van der Waals surface area contributed by atoms with Gasteiger partial charge in [0.05, 0.1) is 17.7 Å². The highest BCUT2D eigenvalue weighted by molar-refractivity contribution is 8.07. The molecule has 152 valence electrons. The maximum absolute atomic E-state index is 13.9. The van der Waals surface area contributed by atoms with Crippen LogP contribution in [0.3, 0.4) is 0 Å². The molecule has 0 spiro atoms. The molecule has 2 saturated heterocycles. The number of aromatic nitrogens is 2. The number of ether oxygens (including phenoxy) is 1. The van der Waals surface area contributed by atoms with Gasteiger partial charge in [0.2, 0.25) is 0 Å². The minimum Gasteiger partial charge on any atom is -0.386 e. The first-order chi connectivity index (χ1) is 12.5. The lowest BCUT2D eigenvalue weighted by Gasteiger charge is -2.41. The second-order valence-corrected chi connectivity index (χ2v) is 9.64. The van der Waals surface area contributed by atoms with Gasteiger partial charge in [-0.1, -0.05) is 11.6 Å². The number of nitrogens with zero attached hydrogens (tertiary/aromatic N) is 2. The van der Waals surface area contributed by atoms with Crippen molar-refractivity contribution >= 4 is 35.9 Å². The maximum atomic E-state index is 13.9. The molecular weight excluding hydrogens is 431 g/mol. The summed E-state index contributed by atoms with van der Waals surface area (Å²) in [6.07, 6.45) is -7.32. The number of aliphatic hydroxyl groups excluding tert-OH is 1. The molecule has 27 heavy (non-hydrogen) atoms. The van der Waals surface area contributed by atoms with Crippen LogP contribution in [0.2, 0.25) is 5.02 Å². The fraction of sp³-hybridized carbons (Fsp3) is 0.692. The standard InChI is InChI=1S/C13H17ClF2N3O6PS/c1-5(2)24-26(27)22-4-13(11(15)16)8(25-26)7(20)10(23-13)19-3-6(14)9(17)18-12(19)21/h3,5,7-8,10-11,20H,4H2,1-2H3,(H2,17,18,21)/t7-,8+,10-,13-,26?/m0/s1. The van der Waals surface area contributed by atoms with E-state index in [0.29, 0.717) is 0 Å². The predicted molar refractivity (Wildman–Crippen MR) is 94.1 cm³/mol. The monoisotopic (exact) mass is 447 g/mol. The number of nitrogen functional groups attached to an aromatic ring is 1. The molecule has 0 aliphatic carbocycles. The van der Waals surface area contributed by atoms with Gasteiger partial charge >= 0.3 is 12.4 Å². The van der Waals surface area contributed by atoms with Crippen LogP contribution in [0.5, 0.6) is 0 Å². The Kier molecular flexibility index (Phi) is 5.65. The molecule has 3 rings (SSSR count). The number of nitrogens with two attached hydrogens (primary N) is 1. The van der Waals surface area contributed by atoms with Gasteiger partial charge in [-0.3, -0.25) is 9.09 Å². The molecule has 0 aromatic carbocycles. The number of alkyl halides is 2. The summed E-state index contributed by atoms with van der Waals surface area (Å²) in [5, 5.41) is 10.5. The molecule has 9 nitrogen and oxygen atoms in total. The molecule has 2 aliphatic heterocycles. The van der Waals surface area contributed by atoms with Crippen molar-refractivity contribution in [3.63, 3.8) is 0 Å². The van der Waals surface area contributed by atoms with E-state index in [1.807, 2.05) is 0 Å². The first-order valence-corrected chi connectivity index (χ1v) is 10.7. The lowest BCUT2D eigenvalue weighted by atomic mass is 9.96. The second kappa shape index (κ2) is 7.27. The van der Waals surface area contributed by atoms with E-state index < -0.39 is 55.6 Å². The summed E-state index contributed by atoms with van der Waals surface area (Å²) >= 11 is 11.0. The molecule has 5 atom stereocenters. The Hall–Kier alpha value is -0.720. The van der Waals surface area contributed by atoms with Crippen molar-refractivity contribution < 1.29 is 32.2 Å². The summed E-state index contributed by atoms with van der Waals surface area (Å²) in [7, 11) is 0. The molecule has 1 unspecified atom stereocenters. The van der Waals surface area contributed by atoms with Crippen molar-refractivity contribution in [1.29, 1.82) is 0 Å². The van der Waals surface area contributed by atoms with Gasteiger partial charge in [-0.25, -0.2) is 13.6 Å². The van der Waals surface area contributed by atoms with Gasteiger partial charge in [0.1, 0.15) is 18.0 Å². The highest BCUT2D eigenvalue weighted by Gasteiger charge is 2.66. The number of hydrogen-bond acceptors (Lipinski definition) is 9. The molecule has 14 heteroatoms. The lowest BCUT2D eigenvalue weighted by molar-refractivity contribution is -0.204. The van der Waals surface area contributed by atoms with E-state index >= 15 is 0 Å². The Balaban J connectivity index is 2.00. The van der Waals surface area contributed by atoms with Crippen molar-refractivity contribution in [2.45, 2.75) is 50.4 Å². The third kappa shape index (κ3) is 3.65. The fourth-order valence-electron chi connectivity index (χ4n) is 2.83. The molecule has 0 radical (unpaired) electrons. The number of hydrogen-bond donors (Lipinski definition) is 2. The van der Waals surface area contributed by atoms with E-state index in [0.717, 1.165) is 10.8 Å². The zero-order valence-corrected chi connectivity index (χ0v) is 16.6. The Morgan fingerprint density at radius 1 is 1.59 bits per heavy atom. The Morgan fingerprint density at radius 3 is 2.85 bits per heavy atom. The number of aliphatic hydroxyl groups is 1. The van der Waals surface area contributed by atoms with E-state index in [9.17, 15) is 18.7 Å². The molecule has 0 amide bonds. The molecule has 1 aromatic rings. The molecule has 3 N–H and O–H groups in total. The molecular formula is C13H17ClF2N3O6PS. The number of anilines is 1. The summed E-state index contributed by atoms with van der Waals surface area (Å²) in [5.41, 5.74) is 2.16. The smallest absolute Gasteiger partial charge is 0.351 e. The van der Waals surface area contributed by atoms with Crippen molar-refractivity contribution in [3.8, 4) is 0 Å². The number of fused-ring (bicyclic) bond motifs is 1. The van der Waals surface area contributed by atoms with Crippen molar-refractivity contribution in [1.82, 2.24) is 9.55 Å². The van der Waals surface area contributed by atoms with Crippen LogP contribution in [0.15, 0.2) is 11.0 Å². The first-order valence-electron chi connectivity index (χ1n) is 7.78. The third-order valence-electron chi connectivity index (χ3n) is 4.03. The predicted octanol–water partition coefficient (Wildman–Crippen LogP) is 1.44. The summed E-state index contributed by atoms with van der Waals surface area (Å²) in [6.45, 7) is -0.742. The normalized spacial score (nSPS) is 36.4. The quantitative estimate of drug-likeness (QED) is 0.661. The molecule has 2 aliphatic rings. The van der Waals surface area contributed by atoms with Crippen LogP contribution in [0.25, 0.3) is 0 Å². The fourth-order valence-corrected chi connectivity index (χ4v) is 5.56. The van der Waals surface area contributed by atoms with Crippen molar-refractivity contribution in [2.75, 3.05) is 12.3 Å². The van der Waals surface area contributed by atoms with Gasteiger partial charge in [0.25, 0.3) is 6.43 Å². The minimum atomic E-state index is -3.40. The Bertz CT molecular complexity index is 845. The molecule has 0 saturated carbocycles. The first kappa shape index (κ1) is 21.0. The lowest BCUT2D eigenvalue weighted by Crippen LogP contribution is -2.56. The topological polar surface area (TPSA) is 118 Å². The van der Waals surface area contributed by atoms with Crippen LogP contribution < -0.4 is 11.4 Å². The highest BCUT2D eigenvalue weighted by atomic mass is 35.5. The van der Waals surface area contributed by atoms with Gasteiger partial charge < -0.3 is 24.6 Å². The summed E-state index contributed by atoms with van der Waals surface area (Å²) in [6, 6.07) is 0. The largest absolute Gasteiger partial charge is 0.386 e. The van der Waals surface area contributed by atoms with Gasteiger partial charge in [-0.15, -0.1) is 0 Å². The summed E-state index contributed by atoms with van der Waals surface area (Å²) in [5.74, 6) is -0.244. The zero-order valence-electron chi connectivity index (χ0n) is 14.1. The van der Waals surface area contributed by atoms with Crippen LogP contribution >= 0.6 is 18.3 Å². The van der Waals surface area contributed by atoms with Crippen LogP contribution in [0, 0.1) is 0 Å². The minimum absolute atomic E-state index is 0.114. The average Bonchev–Trinajstić information content (AvgIpc) is 2.84. The van der Waals surface area contributed by atoms with Crippen LogP contribution in [-0.4, -0.2) is 51.6 Å². The van der Waals surface area contributed by atoms with Gasteiger partial charge in [0.15, 0.2) is 11.8 Å². The maximum Gasteiger partial charge on any atom is 0.351 e. The van der Waals surface area contributed by atoms with E-state index in [-0.39, 0.29) is 10.8 Å². The SMILES string of the molecule is CC(C)OP1(=S)OC[C@]2(C(F)F)O[C@H](n3cc(Cl)c(N)nc3=O)[C@@H](O)[C@H]2O1. The molecule has 2 fully saturated rings. The zero-order chi connectivity index (χ0) is 20.1. The Labute approximate surface area is 162 Å². The number of halogens is 3. The van der Waals surface area contributed by atoms with Crippen molar-refractivity contribution in [2.24, 2.45) is 0 Å². The van der Waals surface area contributed by atoms with Gasteiger partial charge in [-0.05, 0) is 25.7 Å². The van der Waals surface area contributed by atoms with Gasteiger partial charge in [0, 0.05) is 6.20 Å². The summed E-state index contributed by atoms with van der Waals surface area (Å²) in [4.78, 5) is 15.6. The van der Waals surface area contributed by atoms with Crippen molar-refractivity contribution in [3.05, 3.63) is 21.7 Å².